The number of nitrogens with two attached hydrogens (primary N) is 1. The second-order valence-corrected chi connectivity index (χ2v) is 2.95. The van der Waals surface area contributed by atoms with Crippen LogP contribution in [-0.2, 0) is 4.57 Å². The van der Waals surface area contributed by atoms with Crippen molar-refractivity contribution in [2.75, 3.05) is 20.8 Å². The van der Waals surface area contributed by atoms with Gasteiger partial charge in [-0.3, -0.25) is 0 Å². The molecule has 0 fully saturated rings. The van der Waals surface area contributed by atoms with Crippen molar-refractivity contribution in [1.82, 2.24) is 4.90 Å². The summed E-state index contributed by atoms with van der Waals surface area (Å²) in [6, 6.07) is 0. The van der Waals surface area contributed by atoms with E-state index in [0.29, 0.717) is 5.96 Å². The third-order valence-electron chi connectivity index (χ3n) is 0.701. The van der Waals surface area contributed by atoms with Crippen molar-refractivity contribution in [2.45, 2.75) is 0 Å². The Morgan fingerprint density at radius 1 is 1.67 bits per heavy atom. The molecule has 0 heterocycles. The first-order chi connectivity index (χ1) is 4.04. The third kappa shape index (κ3) is 3.91. The van der Waals surface area contributed by atoms with Crippen LogP contribution in [0.4, 0.5) is 0 Å². The lowest BCUT2D eigenvalue weighted by atomic mass is 10.8. The van der Waals surface area contributed by atoms with E-state index in [2.05, 4.69) is 4.76 Å². The average molecular weight is 148 g/mol. The lowest BCUT2D eigenvalue weighted by molar-refractivity contribution is 0.588. The second kappa shape index (κ2) is 3.41. The van der Waals surface area contributed by atoms with Crippen LogP contribution < -0.4 is 5.73 Å². The Labute approximate surface area is 55.6 Å². The molecule has 1 unspecified atom stereocenters. The number of guanidine groups is 1. The summed E-state index contributed by atoms with van der Waals surface area (Å²) < 4.78 is 14.0. The summed E-state index contributed by atoms with van der Waals surface area (Å²) in [6.07, 6.45) is 0. The molecule has 4 nitrogen and oxygen atoms in total. The van der Waals surface area contributed by atoms with E-state index in [1.165, 1.54) is 6.66 Å². The Balaban J connectivity index is 4.00. The summed E-state index contributed by atoms with van der Waals surface area (Å²) in [5.74, 6) is 0.304. The van der Waals surface area contributed by atoms with Crippen LogP contribution in [0.2, 0.25) is 0 Å². The van der Waals surface area contributed by atoms with Gasteiger partial charge in [-0.15, -0.1) is 0 Å². The maximum atomic E-state index is 10.4. The summed E-state index contributed by atoms with van der Waals surface area (Å²) >= 11 is 0. The number of nitrogens with zero attached hydrogens (tertiary/aromatic N) is 2. The molecule has 0 radical (unpaired) electrons. The fourth-order valence-electron chi connectivity index (χ4n) is 0.234. The van der Waals surface area contributed by atoms with Crippen LogP contribution in [0.15, 0.2) is 4.76 Å². The van der Waals surface area contributed by atoms with Crippen LogP contribution in [0, 0.1) is 0 Å². The minimum Gasteiger partial charge on any atom is -0.366 e. The molecule has 0 aliphatic rings. The van der Waals surface area contributed by atoms with E-state index in [-0.39, 0.29) is 0 Å². The molecule has 0 bridgehead atoms. The predicted octanol–water partition coefficient (Wildman–Crippen LogP) is 0.235. The van der Waals surface area contributed by atoms with Gasteiger partial charge in [0, 0.05) is 18.9 Å². The van der Waals surface area contributed by atoms with E-state index >= 15 is 0 Å². The Morgan fingerprint density at radius 2 is 2.11 bits per heavy atom. The van der Waals surface area contributed by atoms with Crippen LogP contribution in [0.25, 0.3) is 0 Å². The Bertz CT molecular complexity index is 143. The molecule has 5 heteroatoms. The SMILES string of the molecule is CN(C)C(N)=N[P+](C)=O. The number of hydrogen-bond donors (Lipinski definition) is 1. The predicted molar refractivity (Wildman–Crippen MR) is 38.8 cm³/mol. The highest BCUT2D eigenvalue weighted by molar-refractivity contribution is 7.42. The van der Waals surface area contributed by atoms with Crippen molar-refractivity contribution in [3.63, 3.8) is 0 Å². The summed E-state index contributed by atoms with van der Waals surface area (Å²) in [4.78, 5) is 1.61. The standard InChI is InChI=1S/C4H11N3OP/c1-7(2)4(5)6-9(3)8/h1-3H3,(H2,5,6,8)/q+1. The zero-order chi connectivity index (χ0) is 7.44. The molecule has 0 aromatic rings. The lowest BCUT2D eigenvalue weighted by Gasteiger charge is -2.05. The van der Waals surface area contributed by atoms with Gasteiger partial charge < -0.3 is 10.6 Å². The zero-order valence-electron chi connectivity index (χ0n) is 5.83. The molecule has 9 heavy (non-hydrogen) atoms. The molecular formula is C4H11N3OP+. The van der Waals surface area contributed by atoms with E-state index in [1.807, 2.05) is 0 Å². The highest BCUT2D eigenvalue weighted by Gasteiger charge is 2.04. The smallest absolute Gasteiger partial charge is 0.366 e. The van der Waals surface area contributed by atoms with Crippen LogP contribution in [0.3, 0.4) is 0 Å². The van der Waals surface area contributed by atoms with Gasteiger partial charge in [-0.2, -0.15) is 0 Å². The first-order valence-electron chi connectivity index (χ1n) is 2.46. The van der Waals surface area contributed by atoms with E-state index in [4.69, 9.17) is 5.73 Å². The second-order valence-electron chi connectivity index (χ2n) is 1.82. The van der Waals surface area contributed by atoms with Gasteiger partial charge in [0.15, 0.2) is 6.66 Å². The van der Waals surface area contributed by atoms with Gasteiger partial charge in [-0.1, -0.05) is 0 Å². The van der Waals surface area contributed by atoms with Crippen molar-refractivity contribution < 1.29 is 4.57 Å². The Hall–Kier alpha value is -0.630. The van der Waals surface area contributed by atoms with Gasteiger partial charge in [0.05, 0.1) is 0 Å². The monoisotopic (exact) mass is 148 g/mol. The first-order valence-corrected chi connectivity index (χ1v) is 4.12. The van der Waals surface area contributed by atoms with Gasteiger partial charge in [-0.05, 0) is 4.57 Å². The average Bonchev–Trinajstić information content (AvgIpc) is 1.63. The molecule has 0 amide bonds. The Kier molecular flexibility index (Phi) is 3.17. The van der Waals surface area contributed by atoms with Gasteiger partial charge >= 0.3 is 7.95 Å². The topological polar surface area (TPSA) is 58.7 Å². The van der Waals surface area contributed by atoms with E-state index in [0.717, 1.165) is 0 Å². The van der Waals surface area contributed by atoms with Crippen molar-refractivity contribution in [1.29, 1.82) is 0 Å². The molecule has 0 spiro atoms. The van der Waals surface area contributed by atoms with Gasteiger partial charge in [-0.25, -0.2) is 0 Å². The zero-order valence-corrected chi connectivity index (χ0v) is 6.72. The molecule has 0 saturated heterocycles. The van der Waals surface area contributed by atoms with Crippen LogP contribution >= 0.6 is 7.95 Å². The minimum absolute atomic E-state index is 0.304. The van der Waals surface area contributed by atoms with E-state index < -0.39 is 7.95 Å². The maximum absolute atomic E-state index is 10.4. The van der Waals surface area contributed by atoms with Gasteiger partial charge in [0.2, 0.25) is 5.96 Å². The van der Waals surface area contributed by atoms with E-state index in [1.54, 1.807) is 19.0 Å². The van der Waals surface area contributed by atoms with Crippen LogP contribution in [0.5, 0.6) is 0 Å². The highest BCUT2D eigenvalue weighted by Crippen LogP contribution is 2.14. The minimum atomic E-state index is -1.50. The molecule has 2 N–H and O–H groups in total. The third-order valence-corrected chi connectivity index (χ3v) is 1.19. The summed E-state index contributed by atoms with van der Waals surface area (Å²) in [5.41, 5.74) is 5.31. The highest BCUT2D eigenvalue weighted by atomic mass is 31.1. The van der Waals surface area contributed by atoms with Crippen molar-refractivity contribution in [3.8, 4) is 0 Å². The van der Waals surface area contributed by atoms with Gasteiger partial charge in [0.25, 0.3) is 0 Å². The summed E-state index contributed by atoms with van der Waals surface area (Å²) in [7, 11) is 1.99. The van der Waals surface area contributed by atoms with Crippen molar-refractivity contribution in [2.24, 2.45) is 10.5 Å². The molecular weight excluding hydrogens is 137 g/mol. The quantitative estimate of drug-likeness (QED) is 0.329. The lowest BCUT2D eigenvalue weighted by Crippen LogP contribution is -2.29. The molecule has 0 aromatic heterocycles. The molecule has 0 aromatic carbocycles. The summed E-state index contributed by atoms with van der Waals surface area (Å²) in [6.45, 7) is 1.51. The molecule has 52 valence electrons. The number of rotatable bonds is 1. The fourth-order valence-corrected chi connectivity index (χ4v) is 0.701. The maximum Gasteiger partial charge on any atom is 0.485 e. The molecule has 1 atom stereocenters. The van der Waals surface area contributed by atoms with E-state index in [9.17, 15) is 4.57 Å². The van der Waals surface area contributed by atoms with Crippen LogP contribution in [-0.4, -0.2) is 31.6 Å². The largest absolute Gasteiger partial charge is 0.485 e. The fraction of sp³-hybridized carbons (Fsp3) is 0.750. The molecule has 0 aliphatic heterocycles. The molecule has 0 aliphatic carbocycles. The first kappa shape index (κ1) is 8.37. The molecule has 0 saturated carbocycles. The number of hydrogen-bond acceptors (Lipinski definition) is 1. The van der Waals surface area contributed by atoms with Crippen molar-refractivity contribution >= 4 is 13.9 Å². The van der Waals surface area contributed by atoms with Gasteiger partial charge in [0.1, 0.15) is 0 Å². The van der Waals surface area contributed by atoms with Crippen LogP contribution in [0.1, 0.15) is 0 Å². The Morgan fingerprint density at radius 3 is 2.22 bits per heavy atom. The van der Waals surface area contributed by atoms with Crippen molar-refractivity contribution in [3.05, 3.63) is 0 Å². The summed E-state index contributed by atoms with van der Waals surface area (Å²) in [5, 5.41) is 0. The molecule has 0 rings (SSSR count). The normalized spacial score (nSPS) is 13.2.